The Morgan fingerprint density at radius 2 is 0.870 bits per heavy atom. The second kappa shape index (κ2) is 11.9. The van der Waals surface area contributed by atoms with Crippen molar-refractivity contribution in [3.05, 3.63) is 108 Å². The molecule has 0 radical (unpaired) electrons. The molecule has 3 rings (SSSR count). The van der Waals surface area contributed by atoms with Gasteiger partial charge in [0, 0.05) is 0 Å². The maximum absolute atomic E-state index is 8.00. The van der Waals surface area contributed by atoms with E-state index in [0.717, 1.165) is 12.8 Å². The molecule has 0 unspecified atom stereocenters. The third-order valence-corrected chi connectivity index (χ3v) is 3.33. The Kier molecular flexibility index (Phi) is 9.54. The van der Waals surface area contributed by atoms with Gasteiger partial charge >= 0.3 is 0 Å². The highest BCUT2D eigenvalue weighted by Gasteiger charge is 1.93. The average molecular weight is 304 g/mol. The van der Waals surface area contributed by atoms with Gasteiger partial charge in [-0.1, -0.05) is 96.6 Å². The van der Waals surface area contributed by atoms with Gasteiger partial charge in [-0.15, -0.1) is 0 Å². The molecule has 0 spiro atoms. The summed E-state index contributed by atoms with van der Waals surface area (Å²) in [5, 5.41) is 0. The maximum Gasteiger partial charge on any atom is 0.106 e. The van der Waals surface area contributed by atoms with Crippen molar-refractivity contribution in [2.75, 3.05) is 0 Å². The Morgan fingerprint density at radius 3 is 1.13 bits per heavy atom. The van der Waals surface area contributed by atoms with Gasteiger partial charge < -0.3 is 4.79 Å². The molecule has 0 saturated carbocycles. The van der Waals surface area contributed by atoms with Gasteiger partial charge in [-0.2, -0.15) is 0 Å². The first-order valence-corrected chi connectivity index (χ1v) is 7.73. The second-order valence-electron chi connectivity index (χ2n) is 5.13. The number of hydrogen-bond donors (Lipinski definition) is 0. The van der Waals surface area contributed by atoms with Crippen molar-refractivity contribution in [2.24, 2.45) is 0 Å². The van der Waals surface area contributed by atoms with E-state index in [2.05, 4.69) is 79.7 Å². The molecule has 3 aromatic rings. The summed E-state index contributed by atoms with van der Waals surface area (Å²) in [4.78, 5) is 8.00. The zero-order chi connectivity index (χ0) is 16.8. The van der Waals surface area contributed by atoms with Crippen LogP contribution in [0.1, 0.15) is 16.7 Å². The van der Waals surface area contributed by atoms with Crippen LogP contribution in [-0.4, -0.2) is 6.79 Å². The van der Waals surface area contributed by atoms with Crippen molar-refractivity contribution in [3.8, 4) is 0 Å². The van der Waals surface area contributed by atoms with Crippen molar-refractivity contribution >= 4 is 6.79 Å². The molecule has 23 heavy (non-hydrogen) atoms. The van der Waals surface area contributed by atoms with E-state index in [1.54, 1.807) is 0 Å². The Labute approximate surface area is 139 Å². The molecule has 0 N–H and O–H groups in total. The molecule has 0 heterocycles. The van der Waals surface area contributed by atoms with Crippen LogP contribution in [0.15, 0.2) is 91.0 Å². The summed E-state index contributed by atoms with van der Waals surface area (Å²) in [5.74, 6) is 0. The molecule has 118 valence electrons. The number of aryl methyl sites for hydroxylation is 3. The van der Waals surface area contributed by atoms with Crippen molar-refractivity contribution in [1.82, 2.24) is 0 Å². The standard InChI is InChI=1S/C14H14.C7H8.CH2O/c1-3-7-13(8-4-1)11-12-14-9-5-2-6-10-14;1-7-5-3-2-4-6-7;1-2/h1-10H,11-12H2;2-6H,1H3;1H2. The van der Waals surface area contributed by atoms with E-state index in [-0.39, 0.29) is 0 Å². The van der Waals surface area contributed by atoms with Crippen LogP contribution in [0, 0.1) is 6.92 Å². The van der Waals surface area contributed by atoms with Crippen LogP contribution in [0.25, 0.3) is 0 Å². The highest BCUT2D eigenvalue weighted by atomic mass is 16.1. The van der Waals surface area contributed by atoms with Crippen molar-refractivity contribution in [3.63, 3.8) is 0 Å². The van der Waals surface area contributed by atoms with Gasteiger partial charge in [0.05, 0.1) is 0 Å². The summed E-state index contributed by atoms with van der Waals surface area (Å²) in [6, 6.07) is 31.5. The second-order valence-corrected chi connectivity index (χ2v) is 5.13. The number of hydrogen-bond acceptors (Lipinski definition) is 1. The summed E-state index contributed by atoms with van der Waals surface area (Å²) >= 11 is 0. The van der Waals surface area contributed by atoms with E-state index < -0.39 is 0 Å². The number of benzene rings is 3. The maximum atomic E-state index is 8.00. The summed E-state index contributed by atoms with van der Waals surface area (Å²) in [6.07, 6.45) is 2.26. The fraction of sp³-hybridized carbons (Fsp3) is 0.136. The van der Waals surface area contributed by atoms with E-state index in [9.17, 15) is 0 Å². The molecule has 0 aliphatic rings. The van der Waals surface area contributed by atoms with Gasteiger partial charge in [-0.05, 0) is 30.9 Å². The minimum atomic E-state index is 1.13. The third kappa shape index (κ3) is 8.37. The minimum Gasteiger partial charge on any atom is -0.307 e. The molecule has 0 amide bonds. The molecular formula is C22H24O. The fourth-order valence-corrected chi connectivity index (χ4v) is 2.11. The lowest BCUT2D eigenvalue weighted by molar-refractivity contribution is -0.0979. The molecule has 0 aliphatic carbocycles. The van der Waals surface area contributed by atoms with Crippen LogP contribution in [-0.2, 0) is 17.6 Å². The quantitative estimate of drug-likeness (QED) is 0.643. The van der Waals surface area contributed by atoms with Crippen molar-refractivity contribution in [2.45, 2.75) is 19.8 Å². The van der Waals surface area contributed by atoms with Crippen LogP contribution in [0.2, 0.25) is 0 Å². The minimum absolute atomic E-state index is 1.13. The first kappa shape index (κ1) is 18.4. The average Bonchev–Trinajstić information content (AvgIpc) is 2.65. The summed E-state index contributed by atoms with van der Waals surface area (Å²) in [5.41, 5.74) is 4.15. The predicted molar refractivity (Wildman–Crippen MR) is 98.6 cm³/mol. The Hall–Kier alpha value is -2.67. The van der Waals surface area contributed by atoms with Crippen LogP contribution >= 0.6 is 0 Å². The predicted octanol–water partition coefficient (Wildman–Crippen LogP) is 5.28. The zero-order valence-corrected chi connectivity index (χ0v) is 13.7. The van der Waals surface area contributed by atoms with E-state index in [4.69, 9.17) is 4.79 Å². The Bertz CT molecular complexity index is 578. The van der Waals surface area contributed by atoms with E-state index >= 15 is 0 Å². The van der Waals surface area contributed by atoms with Gasteiger partial charge in [0.2, 0.25) is 0 Å². The topological polar surface area (TPSA) is 17.1 Å². The third-order valence-electron chi connectivity index (χ3n) is 3.33. The molecule has 0 atom stereocenters. The molecular weight excluding hydrogens is 280 g/mol. The highest BCUT2D eigenvalue weighted by molar-refractivity contribution is 5.19. The van der Waals surface area contributed by atoms with Gasteiger partial charge in [0.1, 0.15) is 6.79 Å². The monoisotopic (exact) mass is 304 g/mol. The Balaban J connectivity index is 0.000000247. The van der Waals surface area contributed by atoms with Crippen LogP contribution in [0.3, 0.4) is 0 Å². The lowest BCUT2D eigenvalue weighted by atomic mass is 10.0. The summed E-state index contributed by atoms with van der Waals surface area (Å²) < 4.78 is 0. The molecule has 1 heteroatoms. The molecule has 0 saturated heterocycles. The largest absolute Gasteiger partial charge is 0.307 e. The van der Waals surface area contributed by atoms with Crippen molar-refractivity contribution in [1.29, 1.82) is 0 Å². The molecule has 0 fully saturated rings. The molecule has 0 bridgehead atoms. The molecule has 1 nitrogen and oxygen atoms in total. The van der Waals surface area contributed by atoms with Gasteiger partial charge in [0.15, 0.2) is 0 Å². The zero-order valence-electron chi connectivity index (χ0n) is 13.7. The first-order chi connectivity index (χ1) is 11.3. The van der Waals surface area contributed by atoms with E-state index in [0.29, 0.717) is 0 Å². The molecule has 0 aromatic heterocycles. The smallest absolute Gasteiger partial charge is 0.106 e. The number of rotatable bonds is 3. The summed E-state index contributed by atoms with van der Waals surface area (Å²) in [6.45, 7) is 4.08. The fourth-order valence-electron chi connectivity index (χ4n) is 2.11. The number of carbonyl (C=O) groups excluding carboxylic acids is 1. The highest BCUT2D eigenvalue weighted by Crippen LogP contribution is 2.06. The van der Waals surface area contributed by atoms with Crippen LogP contribution < -0.4 is 0 Å². The SMILES string of the molecule is C=O.Cc1ccccc1.c1ccc(CCc2ccccc2)cc1. The van der Waals surface area contributed by atoms with Gasteiger partial charge in [0.25, 0.3) is 0 Å². The number of carbonyl (C=O) groups is 1. The Morgan fingerprint density at radius 1 is 0.565 bits per heavy atom. The van der Waals surface area contributed by atoms with E-state index in [1.165, 1.54) is 16.7 Å². The molecule has 0 aliphatic heterocycles. The lowest BCUT2D eigenvalue weighted by Gasteiger charge is -2.01. The van der Waals surface area contributed by atoms with Gasteiger partial charge in [-0.25, -0.2) is 0 Å². The van der Waals surface area contributed by atoms with Gasteiger partial charge in [-0.3, -0.25) is 0 Å². The van der Waals surface area contributed by atoms with Crippen LogP contribution in [0.4, 0.5) is 0 Å². The van der Waals surface area contributed by atoms with Crippen molar-refractivity contribution < 1.29 is 4.79 Å². The first-order valence-electron chi connectivity index (χ1n) is 7.73. The molecule has 3 aromatic carbocycles. The van der Waals surface area contributed by atoms with E-state index in [1.807, 2.05) is 25.0 Å². The van der Waals surface area contributed by atoms with Crippen LogP contribution in [0.5, 0.6) is 0 Å². The normalized spacial score (nSPS) is 8.91. The lowest BCUT2D eigenvalue weighted by Crippen LogP contribution is -1.89. The summed E-state index contributed by atoms with van der Waals surface area (Å²) in [7, 11) is 0.